The third-order valence-corrected chi connectivity index (χ3v) is 8.31. The lowest BCUT2D eigenvalue weighted by molar-refractivity contribution is 0.110. The van der Waals surface area contributed by atoms with E-state index in [2.05, 4.69) is 35.3 Å². The van der Waals surface area contributed by atoms with E-state index in [0.717, 1.165) is 62.5 Å². The van der Waals surface area contributed by atoms with Crippen molar-refractivity contribution < 1.29 is 13.9 Å². The van der Waals surface area contributed by atoms with E-state index in [1.807, 2.05) is 22.8 Å². The minimum absolute atomic E-state index is 0.0477. The molecule has 0 spiro atoms. The van der Waals surface area contributed by atoms with Gasteiger partial charge < -0.3 is 14.5 Å². The predicted octanol–water partition coefficient (Wildman–Crippen LogP) is 7.61. The maximum absolute atomic E-state index is 14.1. The second-order valence-corrected chi connectivity index (χ2v) is 11.4. The number of aryl methyl sites for hydroxylation is 1. The number of urea groups is 1. The molecular formula is C29H27ClFN3O2S. The predicted molar refractivity (Wildman–Crippen MR) is 146 cm³/mol. The van der Waals surface area contributed by atoms with Gasteiger partial charge in [-0.2, -0.15) is 0 Å². The van der Waals surface area contributed by atoms with Gasteiger partial charge in [0.05, 0.1) is 34.4 Å². The summed E-state index contributed by atoms with van der Waals surface area (Å²) in [6.07, 6.45) is 2.70. The van der Waals surface area contributed by atoms with Crippen LogP contribution in [0.3, 0.4) is 0 Å². The number of thiazole rings is 1. The first-order chi connectivity index (χ1) is 17.9. The van der Waals surface area contributed by atoms with Crippen LogP contribution in [-0.2, 0) is 6.54 Å². The molecule has 190 valence electrons. The number of carbonyl (C=O) groups is 1. The third-order valence-electron chi connectivity index (χ3n) is 7.16. The topological polar surface area (TPSA) is 45.7 Å². The molecule has 4 aromatic rings. The van der Waals surface area contributed by atoms with Gasteiger partial charge in [0.15, 0.2) is 0 Å². The number of amides is 2. The van der Waals surface area contributed by atoms with Crippen LogP contribution in [0.1, 0.15) is 41.4 Å². The van der Waals surface area contributed by atoms with E-state index in [-0.39, 0.29) is 17.9 Å². The molecule has 0 aliphatic carbocycles. The van der Waals surface area contributed by atoms with E-state index in [0.29, 0.717) is 31.3 Å². The van der Waals surface area contributed by atoms with Gasteiger partial charge in [0.25, 0.3) is 0 Å². The quantitative estimate of drug-likeness (QED) is 0.265. The van der Waals surface area contributed by atoms with Crippen LogP contribution in [0.5, 0.6) is 5.75 Å². The molecule has 6 rings (SSSR count). The molecule has 2 aliphatic rings. The summed E-state index contributed by atoms with van der Waals surface area (Å²) in [6, 6.07) is 16.8. The molecule has 1 saturated heterocycles. The molecule has 8 heteroatoms. The molecule has 3 heterocycles. The molecule has 0 radical (unpaired) electrons. The Bertz CT molecular complexity index is 1470. The van der Waals surface area contributed by atoms with Gasteiger partial charge in [-0.25, -0.2) is 14.2 Å². The number of ether oxygens (including phenoxy) is 1. The number of likely N-dealkylation sites (tertiary alicyclic amines) is 1. The fraction of sp³-hybridized carbons (Fsp3) is 0.310. The highest BCUT2D eigenvalue weighted by atomic mass is 35.5. The number of carbonyl (C=O) groups excluding carboxylic acids is 1. The summed E-state index contributed by atoms with van der Waals surface area (Å²) in [6.45, 7) is 4.02. The molecule has 2 amide bonds. The Morgan fingerprint density at radius 1 is 1.08 bits per heavy atom. The van der Waals surface area contributed by atoms with Crippen LogP contribution < -0.4 is 4.74 Å². The minimum Gasteiger partial charge on any atom is -0.491 e. The molecule has 0 bridgehead atoms. The van der Waals surface area contributed by atoms with Crippen molar-refractivity contribution in [3.05, 3.63) is 81.6 Å². The van der Waals surface area contributed by atoms with E-state index in [1.165, 1.54) is 12.1 Å². The van der Waals surface area contributed by atoms with Crippen LogP contribution >= 0.6 is 22.9 Å². The van der Waals surface area contributed by atoms with Crippen LogP contribution in [0.2, 0.25) is 5.02 Å². The number of aromatic nitrogens is 1. The molecule has 0 N–H and O–H groups in total. The molecule has 1 aromatic heterocycles. The summed E-state index contributed by atoms with van der Waals surface area (Å²) in [7, 11) is 0. The summed E-state index contributed by atoms with van der Waals surface area (Å²) >= 11 is 7.84. The van der Waals surface area contributed by atoms with Crippen molar-refractivity contribution in [1.29, 1.82) is 0 Å². The smallest absolute Gasteiger partial charge is 0.320 e. The van der Waals surface area contributed by atoms with Gasteiger partial charge >= 0.3 is 6.03 Å². The van der Waals surface area contributed by atoms with Crippen molar-refractivity contribution in [2.24, 2.45) is 0 Å². The maximum Gasteiger partial charge on any atom is 0.320 e. The van der Waals surface area contributed by atoms with Crippen LogP contribution in [0.25, 0.3) is 21.3 Å². The second-order valence-electron chi connectivity index (χ2n) is 9.70. The normalized spacial score (nSPS) is 17.9. The van der Waals surface area contributed by atoms with Crippen LogP contribution in [0.4, 0.5) is 9.18 Å². The van der Waals surface area contributed by atoms with Crippen molar-refractivity contribution >= 4 is 39.2 Å². The molecule has 1 unspecified atom stereocenters. The number of piperidine rings is 1. The van der Waals surface area contributed by atoms with Crippen molar-refractivity contribution in [1.82, 2.24) is 14.8 Å². The lowest BCUT2D eigenvalue weighted by Gasteiger charge is -2.39. The van der Waals surface area contributed by atoms with E-state index in [9.17, 15) is 9.18 Å². The van der Waals surface area contributed by atoms with E-state index < -0.39 is 0 Å². The fourth-order valence-corrected chi connectivity index (χ4v) is 6.51. The monoisotopic (exact) mass is 535 g/mol. The zero-order valence-electron chi connectivity index (χ0n) is 20.5. The molecule has 1 atom stereocenters. The fourth-order valence-electron chi connectivity index (χ4n) is 5.41. The maximum atomic E-state index is 14.1. The minimum atomic E-state index is -0.378. The number of halogens is 2. The van der Waals surface area contributed by atoms with Gasteiger partial charge in [-0.3, -0.25) is 0 Å². The Labute approximate surface area is 224 Å². The summed E-state index contributed by atoms with van der Waals surface area (Å²) in [4.78, 5) is 22.1. The lowest BCUT2D eigenvalue weighted by Crippen LogP contribution is -2.47. The summed E-state index contributed by atoms with van der Waals surface area (Å²) < 4.78 is 21.3. The van der Waals surface area contributed by atoms with Gasteiger partial charge in [-0.05, 0) is 85.3 Å². The average Bonchev–Trinajstić information content (AvgIpc) is 3.13. The van der Waals surface area contributed by atoms with Gasteiger partial charge in [-0.1, -0.05) is 23.7 Å². The van der Waals surface area contributed by atoms with Crippen LogP contribution in [0.15, 0.2) is 54.6 Å². The molecule has 2 aliphatic heterocycles. The standard InChI is InChI=1S/C29H27ClFN3O2S/c1-18-32-25-7-5-20(15-28(25)37-18)19-6-8-27-22(12-19)17-33(10-11-36-27)29(35)34-9-3-2-4-26(34)21-13-23(30)16-24(31)14-21/h5-8,12-16,26H,2-4,9-11,17H2,1H3. The van der Waals surface area contributed by atoms with E-state index in [4.69, 9.17) is 16.3 Å². The molecule has 5 nitrogen and oxygen atoms in total. The highest BCUT2D eigenvalue weighted by Crippen LogP contribution is 2.36. The Balaban J connectivity index is 1.28. The molecule has 1 fully saturated rings. The Hall–Kier alpha value is -3.16. The van der Waals surface area contributed by atoms with Crippen molar-refractivity contribution in [3.8, 4) is 16.9 Å². The highest BCUT2D eigenvalue weighted by Gasteiger charge is 2.32. The van der Waals surface area contributed by atoms with Crippen molar-refractivity contribution in [2.75, 3.05) is 19.7 Å². The zero-order valence-corrected chi connectivity index (χ0v) is 22.1. The van der Waals surface area contributed by atoms with Crippen LogP contribution in [-0.4, -0.2) is 40.5 Å². The first kappa shape index (κ1) is 24.2. The van der Waals surface area contributed by atoms with Gasteiger partial charge in [-0.15, -0.1) is 11.3 Å². The number of hydrogen-bond acceptors (Lipinski definition) is 4. The molecular weight excluding hydrogens is 509 g/mol. The summed E-state index contributed by atoms with van der Waals surface area (Å²) in [5.41, 5.74) is 4.93. The number of nitrogens with zero attached hydrogens (tertiary/aromatic N) is 3. The molecule has 3 aromatic carbocycles. The summed E-state index contributed by atoms with van der Waals surface area (Å²) in [5.74, 6) is 0.428. The van der Waals surface area contributed by atoms with Crippen molar-refractivity contribution in [2.45, 2.75) is 38.8 Å². The highest BCUT2D eigenvalue weighted by molar-refractivity contribution is 7.18. The van der Waals surface area contributed by atoms with Gasteiger partial charge in [0, 0.05) is 17.1 Å². The van der Waals surface area contributed by atoms with E-state index in [1.54, 1.807) is 17.4 Å². The largest absolute Gasteiger partial charge is 0.491 e. The lowest BCUT2D eigenvalue weighted by atomic mass is 9.95. The molecule has 37 heavy (non-hydrogen) atoms. The van der Waals surface area contributed by atoms with E-state index >= 15 is 0 Å². The SMILES string of the molecule is Cc1nc2ccc(-c3ccc4c(c3)CN(C(=O)N3CCCCC3c3cc(F)cc(Cl)c3)CCO4)cc2s1. The van der Waals surface area contributed by atoms with Crippen LogP contribution in [0, 0.1) is 12.7 Å². The third kappa shape index (κ3) is 4.90. The van der Waals surface area contributed by atoms with Crippen molar-refractivity contribution in [3.63, 3.8) is 0 Å². The average molecular weight is 536 g/mol. The van der Waals surface area contributed by atoms with Gasteiger partial charge in [0.2, 0.25) is 0 Å². The zero-order chi connectivity index (χ0) is 25.5. The Morgan fingerprint density at radius 3 is 2.78 bits per heavy atom. The summed E-state index contributed by atoms with van der Waals surface area (Å²) in [5, 5.41) is 1.40. The van der Waals surface area contributed by atoms with Gasteiger partial charge in [0.1, 0.15) is 18.2 Å². The number of hydrogen-bond donors (Lipinski definition) is 0. The Morgan fingerprint density at radius 2 is 1.92 bits per heavy atom. The number of fused-ring (bicyclic) bond motifs is 2. The molecule has 0 saturated carbocycles. The first-order valence-electron chi connectivity index (χ1n) is 12.6. The number of rotatable bonds is 2. The first-order valence-corrected chi connectivity index (χ1v) is 13.8. The second kappa shape index (κ2) is 9.95. The Kier molecular flexibility index (Phi) is 6.51. The number of benzene rings is 3.